The number of aryl methyl sites for hydroxylation is 2. The van der Waals surface area contributed by atoms with Gasteiger partial charge in [-0.2, -0.15) is 0 Å². The van der Waals surface area contributed by atoms with E-state index in [1.54, 1.807) is 0 Å². The summed E-state index contributed by atoms with van der Waals surface area (Å²) in [7, 11) is 0. The van der Waals surface area contributed by atoms with Crippen LogP contribution >= 0.6 is 0 Å². The first-order valence-corrected chi connectivity index (χ1v) is 6.32. The maximum atomic E-state index is 8.01. The van der Waals surface area contributed by atoms with Crippen LogP contribution in [0.15, 0.2) is 42.5 Å². The maximum Gasteiger partial charge on any atom is 0.197 e. The quantitative estimate of drug-likeness (QED) is 0.558. The normalized spacial score (nSPS) is 10.1. The molecule has 3 N–H and O–H groups in total. The van der Waals surface area contributed by atoms with Crippen molar-refractivity contribution >= 4 is 17.3 Å². The molecule has 0 saturated heterocycles. The Morgan fingerprint density at radius 2 is 1.37 bits per heavy atom. The molecule has 0 spiro atoms. The van der Waals surface area contributed by atoms with E-state index in [9.17, 15) is 0 Å². The number of nitrogens with one attached hydrogen (secondary N) is 3. The van der Waals surface area contributed by atoms with Crippen LogP contribution in [0.25, 0.3) is 0 Å². The zero-order valence-electron chi connectivity index (χ0n) is 11.5. The Balaban J connectivity index is 2.10. The molecule has 0 aliphatic heterocycles. The lowest BCUT2D eigenvalue weighted by atomic mass is 10.1. The van der Waals surface area contributed by atoms with Crippen LogP contribution in [0.5, 0.6) is 0 Å². The average molecular weight is 253 g/mol. The Morgan fingerprint density at radius 1 is 0.789 bits per heavy atom. The number of guanidine groups is 1. The van der Waals surface area contributed by atoms with Crippen LogP contribution in [-0.4, -0.2) is 5.96 Å². The van der Waals surface area contributed by atoms with Gasteiger partial charge < -0.3 is 10.6 Å². The maximum absolute atomic E-state index is 8.01. The van der Waals surface area contributed by atoms with Crippen molar-refractivity contribution < 1.29 is 0 Å². The van der Waals surface area contributed by atoms with Gasteiger partial charge in [-0.1, -0.05) is 30.3 Å². The van der Waals surface area contributed by atoms with Gasteiger partial charge in [0.15, 0.2) is 5.96 Å². The van der Waals surface area contributed by atoms with Crippen molar-refractivity contribution in [2.75, 3.05) is 10.6 Å². The Bertz CT molecular complexity index is 603. The van der Waals surface area contributed by atoms with Gasteiger partial charge in [-0.15, -0.1) is 0 Å². The molecule has 3 heteroatoms. The minimum atomic E-state index is 0.281. The summed E-state index contributed by atoms with van der Waals surface area (Å²) in [6.07, 6.45) is 0. The van der Waals surface area contributed by atoms with Crippen LogP contribution in [0, 0.1) is 26.2 Å². The van der Waals surface area contributed by atoms with Gasteiger partial charge in [0.1, 0.15) is 0 Å². The van der Waals surface area contributed by atoms with E-state index >= 15 is 0 Å². The molecule has 0 fully saturated rings. The molecule has 0 aliphatic rings. The molecule has 0 atom stereocenters. The molecule has 2 rings (SSSR count). The van der Waals surface area contributed by atoms with Crippen LogP contribution in [0.2, 0.25) is 0 Å². The smallest absolute Gasteiger partial charge is 0.197 e. The standard InChI is InChI=1S/C16H19N3/c1-11-8-6-10-15(13(11)3)19-16(17)18-14-9-5-4-7-12(14)2/h4-10H,1-3H3,(H3,17,18,19). The van der Waals surface area contributed by atoms with Crippen molar-refractivity contribution in [1.29, 1.82) is 5.41 Å². The molecule has 19 heavy (non-hydrogen) atoms. The van der Waals surface area contributed by atoms with Gasteiger partial charge in [0.25, 0.3) is 0 Å². The fourth-order valence-corrected chi connectivity index (χ4v) is 1.90. The summed E-state index contributed by atoms with van der Waals surface area (Å²) in [6.45, 7) is 6.14. The summed E-state index contributed by atoms with van der Waals surface area (Å²) >= 11 is 0. The second-order valence-corrected chi connectivity index (χ2v) is 4.69. The van der Waals surface area contributed by atoms with E-state index in [2.05, 4.69) is 30.5 Å². The van der Waals surface area contributed by atoms with Crippen LogP contribution < -0.4 is 10.6 Å². The summed E-state index contributed by atoms with van der Waals surface area (Å²) in [4.78, 5) is 0. The first-order chi connectivity index (χ1) is 9.08. The third kappa shape index (κ3) is 3.13. The molecule has 0 saturated carbocycles. The number of hydrogen-bond acceptors (Lipinski definition) is 1. The van der Waals surface area contributed by atoms with Gasteiger partial charge in [0.05, 0.1) is 0 Å². The highest BCUT2D eigenvalue weighted by Gasteiger charge is 2.04. The lowest BCUT2D eigenvalue weighted by Gasteiger charge is -2.14. The molecular weight excluding hydrogens is 234 g/mol. The van der Waals surface area contributed by atoms with Gasteiger partial charge in [0.2, 0.25) is 0 Å². The molecule has 3 nitrogen and oxygen atoms in total. The number of anilines is 2. The highest BCUT2D eigenvalue weighted by molar-refractivity contribution is 6.02. The summed E-state index contributed by atoms with van der Waals surface area (Å²) in [5.41, 5.74) is 5.42. The van der Waals surface area contributed by atoms with Gasteiger partial charge in [-0.25, -0.2) is 0 Å². The minimum Gasteiger partial charge on any atom is -0.326 e. The van der Waals surface area contributed by atoms with Gasteiger partial charge >= 0.3 is 0 Å². The molecule has 0 heterocycles. The van der Waals surface area contributed by atoms with Crippen molar-refractivity contribution in [2.24, 2.45) is 0 Å². The average Bonchev–Trinajstić information content (AvgIpc) is 2.38. The first kappa shape index (κ1) is 13.1. The lowest BCUT2D eigenvalue weighted by molar-refractivity contribution is 1.32. The minimum absolute atomic E-state index is 0.281. The van der Waals surface area contributed by atoms with E-state index in [-0.39, 0.29) is 5.96 Å². The van der Waals surface area contributed by atoms with E-state index in [0.29, 0.717) is 0 Å². The zero-order chi connectivity index (χ0) is 13.8. The topological polar surface area (TPSA) is 47.9 Å². The summed E-state index contributed by atoms with van der Waals surface area (Å²) in [5, 5.41) is 14.2. The molecule has 2 aromatic rings. The van der Waals surface area contributed by atoms with Crippen molar-refractivity contribution in [2.45, 2.75) is 20.8 Å². The molecular formula is C16H19N3. The Labute approximate surface area is 114 Å². The van der Waals surface area contributed by atoms with Gasteiger partial charge in [-0.3, -0.25) is 5.41 Å². The van der Waals surface area contributed by atoms with Crippen molar-refractivity contribution in [3.63, 3.8) is 0 Å². The van der Waals surface area contributed by atoms with Crippen LogP contribution in [0.1, 0.15) is 16.7 Å². The fraction of sp³-hybridized carbons (Fsp3) is 0.188. The van der Waals surface area contributed by atoms with Gasteiger partial charge in [-0.05, 0) is 49.6 Å². The highest BCUT2D eigenvalue weighted by Crippen LogP contribution is 2.18. The molecule has 0 aromatic heterocycles. The van der Waals surface area contributed by atoms with Crippen molar-refractivity contribution in [3.05, 3.63) is 59.2 Å². The Kier molecular flexibility index (Phi) is 3.85. The third-order valence-corrected chi connectivity index (χ3v) is 3.27. The zero-order valence-corrected chi connectivity index (χ0v) is 11.5. The highest BCUT2D eigenvalue weighted by atomic mass is 15.1. The number of hydrogen-bond donors (Lipinski definition) is 3. The molecule has 0 unspecified atom stereocenters. The predicted octanol–water partition coefficient (Wildman–Crippen LogP) is 4.07. The molecule has 0 amide bonds. The molecule has 98 valence electrons. The SMILES string of the molecule is Cc1ccccc1NC(=N)Nc1cccc(C)c1C. The second-order valence-electron chi connectivity index (χ2n) is 4.69. The third-order valence-electron chi connectivity index (χ3n) is 3.27. The Hall–Kier alpha value is -2.29. The predicted molar refractivity (Wildman–Crippen MR) is 82.1 cm³/mol. The van der Waals surface area contributed by atoms with Crippen molar-refractivity contribution in [3.8, 4) is 0 Å². The second kappa shape index (κ2) is 5.57. The lowest BCUT2D eigenvalue weighted by Crippen LogP contribution is -2.21. The van der Waals surface area contributed by atoms with Crippen LogP contribution in [-0.2, 0) is 0 Å². The van der Waals surface area contributed by atoms with E-state index in [1.165, 1.54) is 11.1 Å². The van der Waals surface area contributed by atoms with E-state index in [1.807, 2.05) is 43.3 Å². The first-order valence-electron chi connectivity index (χ1n) is 6.32. The number of para-hydroxylation sites is 1. The van der Waals surface area contributed by atoms with Crippen LogP contribution in [0.4, 0.5) is 11.4 Å². The van der Waals surface area contributed by atoms with Crippen molar-refractivity contribution in [1.82, 2.24) is 0 Å². The van der Waals surface area contributed by atoms with E-state index in [4.69, 9.17) is 5.41 Å². The summed E-state index contributed by atoms with van der Waals surface area (Å²) in [6, 6.07) is 14.0. The molecule has 2 aromatic carbocycles. The number of benzene rings is 2. The molecule has 0 bridgehead atoms. The van der Waals surface area contributed by atoms with Gasteiger partial charge in [0, 0.05) is 11.4 Å². The Morgan fingerprint density at radius 3 is 2.11 bits per heavy atom. The van der Waals surface area contributed by atoms with E-state index in [0.717, 1.165) is 16.9 Å². The van der Waals surface area contributed by atoms with Crippen LogP contribution in [0.3, 0.4) is 0 Å². The molecule has 0 aliphatic carbocycles. The monoisotopic (exact) mass is 253 g/mol. The number of rotatable bonds is 2. The molecule has 0 radical (unpaired) electrons. The van der Waals surface area contributed by atoms with E-state index < -0.39 is 0 Å². The fourth-order valence-electron chi connectivity index (χ4n) is 1.90. The summed E-state index contributed by atoms with van der Waals surface area (Å²) in [5.74, 6) is 0.281. The largest absolute Gasteiger partial charge is 0.326 e. The summed E-state index contributed by atoms with van der Waals surface area (Å²) < 4.78 is 0.